The molecule has 0 saturated carbocycles. The van der Waals surface area contributed by atoms with Crippen LogP contribution in [0.3, 0.4) is 0 Å². The van der Waals surface area contributed by atoms with Crippen LogP contribution in [0.1, 0.15) is 18.4 Å². The molecule has 80 valence electrons. The first-order valence-corrected chi connectivity index (χ1v) is 12.4. The standard InChI is InChI=1S/C7H7.C6H13N.In/c1-7-5-3-2-4-6-7;1-3-5-7-6-4-2;/h2-5H,1H3;7H,1-6H2;. The van der Waals surface area contributed by atoms with Crippen molar-refractivity contribution in [1.82, 2.24) is 5.32 Å². The summed E-state index contributed by atoms with van der Waals surface area (Å²) in [6.07, 6.45) is 2.82. The summed E-state index contributed by atoms with van der Waals surface area (Å²) in [5.41, 5.74) is 1.56. The van der Waals surface area contributed by atoms with Crippen molar-refractivity contribution in [3.8, 4) is 0 Å². The fourth-order valence-electron chi connectivity index (χ4n) is 2.57. The van der Waals surface area contributed by atoms with Gasteiger partial charge in [0.05, 0.1) is 0 Å². The van der Waals surface area contributed by atoms with Crippen LogP contribution in [0.5, 0.6) is 0 Å². The second-order valence-corrected chi connectivity index (χ2v) is 13.6. The van der Waals surface area contributed by atoms with Crippen LogP contribution in [0.15, 0.2) is 24.3 Å². The van der Waals surface area contributed by atoms with Crippen LogP contribution in [0, 0.1) is 6.92 Å². The second kappa shape index (κ2) is 5.95. The molecule has 1 saturated heterocycles. The number of aryl methyl sites for hydroxylation is 1. The number of hydrogen-bond donors (Lipinski definition) is 1. The summed E-state index contributed by atoms with van der Waals surface area (Å²) in [4.78, 5) is 0. The summed E-state index contributed by atoms with van der Waals surface area (Å²) >= 11 is -1.37. The van der Waals surface area contributed by atoms with Gasteiger partial charge in [0.15, 0.2) is 0 Å². The molecule has 2 heteroatoms. The van der Waals surface area contributed by atoms with Crippen LogP contribution in [0.2, 0.25) is 8.35 Å². The molecule has 1 nitrogen and oxygen atoms in total. The van der Waals surface area contributed by atoms with Gasteiger partial charge in [0, 0.05) is 0 Å². The van der Waals surface area contributed by atoms with Gasteiger partial charge >= 0.3 is 101 Å². The third-order valence-electron chi connectivity index (χ3n) is 3.44. The van der Waals surface area contributed by atoms with E-state index in [0.29, 0.717) is 0 Å². The van der Waals surface area contributed by atoms with Crippen LogP contribution in [-0.2, 0) is 0 Å². The molecule has 0 spiro atoms. The van der Waals surface area contributed by atoms with Gasteiger partial charge in [-0.2, -0.15) is 0 Å². The molecule has 1 aliphatic rings. The Kier molecular flexibility index (Phi) is 4.58. The molecule has 1 N–H and O–H groups in total. The molecule has 0 atom stereocenters. The van der Waals surface area contributed by atoms with Crippen LogP contribution in [0.25, 0.3) is 0 Å². The summed E-state index contributed by atoms with van der Waals surface area (Å²) in [7, 11) is 0. The van der Waals surface area contributed by atoms with Gasteiger partial charge in [-0.15, -0.1) is 0 Å². The second-order valence-electron chi connectivity index (χ2n) is 4.59. The minimum absolute atomic E-state index is 1.25. The molecule has 1 fully saturated rings. The van der Waals surface area contributed by atoms with E-state index in [1.165, 1.54) is 25.9 Å². The van der Waals surface area contributed by atoms with E-state index < -0.39 is 21.4 Å². The van der Waals surface area contributed by atoms with E-state index in [4.69, 9.17) is 0 Å². The summed E-state index contributed by atoms with van der Waals surface area (Å²) in [5.74, 6) is 0. The van der Waals surface area contributed by atoms with Crippen molar-refractivity contribution in [3.63, 3.8) is 0 Å². The molecule has 0 unspecified atom stereocenters. The molecular weight excluding hydrogens is 285 g/mol. The number of rotatable bonds is 1. The molecule has 1 aromatic carbocycles. The van der Waals surface area contributed by atoms with Gasteiger partial charge in [-0.25, -0.2) is 0 Å². The summed E-state index contributed by atoms with van der Waals surface area (Å²) < 4.78 is 4.90. The Balaban J connectivity index is 2.10. The van der Waals surface area contributed by atoms with Crippen molar-refractivity contribution in [2.45, 2.75) is 28.1 Å². The molecule has 1 heterocycles. The normalized spacial score (nSPS) is 18.3. The molecule has 0 aliphatic carbocycles. The summed E-state index contributed by atoms with van der Waals surface area (Å²) in [6.45, 7) is 4.79. The fraction of sp³-hybridized carbons (Fsp3) is 0.538. The predicted molar refractivity (Wildman–Crippen MR) is 68.3 cm³/mol. The van der Waals surface area contributed by atoms with Crippen LogP contribution in [0.4, 0.5) is 0 Å². The van der Waals surface area contributed by atoms with E-state index in [2.05, 4.69) is 36.5 Å². The first-order valence-electron chi connectivity index (χ1n) is 6.14. The molecule has 0 radical (unpaired) electrons. The molecule has 1 aliphatic heterocycles. The third-order valence-corrected chi connectivity index (χ3v) is 14.1. The van der Waals surface area contributed by atoms with Gasteiger partial charge in [-0.05, 0) is 0 Å². The molecule has 0 amide bonds. The SMILES string of the molecule is Cc1cccc[c]1[In]1[CH2]CCNCC[CH2]1. The fourth-order valence-corrected chi connectivity index (χ4v) is 12.4. The van der Waals surface area contributed by atoms with E-state index in [1.807, 2.05) is 0 Å². The Hall–Kier alpha value is 0.0501. The minimum atomic E-state index is -1.37. The van der Waals surface area contributed by atoms with Crippen LogP contribution in [-0.4, -0.2) is 34.5 Å². The quantitative estimate of drug-likeness (QED) is 0.838. The number of benzene rings is 1. The Bertz CT molecular complexity index is 303. The van der Waals surface area contributed by atoms with Crippen molar-refractivity contribution in [2.75, 3.05) is 13.1 Å². The first-order chi connectivity index (χ1) is 7.38. The van der Waals surface area contributed by atoms with Crippen molar-refractivity contribution < 1.29 is 0 Å². The molecule has 0 aromatic heterocycles. The maximum absolute atomic E-state index is 3.51. The van der Waals surface area contributed by atoms with Crippen LogP contribution < -0.4 is 8.64 Å². The van der Waals surface area contributed by atoms with Gasteiger partial charge in [0.2, 0.25) is 0 Å². The number of hydrogen-bond acceptors (Lipinski definition) is 1. The van der Waals surface area contributed by atoms with Gasteiger partial charge in [-0.1, -0.05) is 0 Å². The van der Waals surface area contributed by atoms with Crippen LogP contribution >= 0.6 is 0 Å². The molecule has 2 rings (SSSR count). The van der Waals surface area contributed by atoms with Gasteiger partial charge in [-0.3, -0.25) is 0 Å². The van der Waals surface area contributed by atoms with E-state index in [0.717, 1.165) is 0 Å². The first kappa shape index (κ1) is 11.5. The molecule has 0 bridgehead atoms. The topological polar surface area (TPSA) is 12.0 Å². The van der Waals surface area contributed by atoms with E-state index >= 15 is 0 Å². The monoisotopic (exact) mass is 305 g/mol. The van der Waals surface area contributed by atoms with Crippen molar-refractivity contribution in [1.29, 1.82) is 0 Å². The van der Waals surface area contributed by atoms with Crippen molar-refractivity contribution in [2.24, 2.45) is 0 Å². The van der Waals surface area contributed by atoms with Gasteiger partial charge in [0.25, 0.3) is 0 Å². The zero-order chi connectivity index (χ0) is 10.5. The average molecular weight is 305 g/mol. The Morgan fingerprint density at radius 1 is 1.07 bits per heavy atom. The van der Waals surface area contributed by atoms with E-state index in [9.17, 15) is 0 Å². The maximum atomic E-state index is 3.51. The van der Waals surface area contributed by atoms with Gasteiger partial charge < -0.3 is 0 Å². The summed E-state index contributed by atoms with van der Waals surface area (Å²) in [6, 6.07) is 9.11. The van der Waals surface area contributed by atoms with Crippen molar-refractivity contribution >= 4 is 24.8 Å². The molecule has 15 heavy (non-hydrogen) atoms. The van der Waals surface area contributed by atoms with E-state index in [1.54, 1.807) is 17.2 Å². The summed E-state index contributed by atoms with van der Waals surface area (Å²) in [5, 5.41) is 3.51. The Morgan fingerprint density at radius 3 is 2.40 bits per heavy atom. The zero-order valence-electron chi connectivity index (χ0n) is 9.63. The zero-order valence-corrected chi connectivity index (χ0v) is 12.9. The molecular formula is C13H20InN. The third kappa shape index (κ3) is 3.25. The Morgan fingerprint density at radius 2 is 1.73 bits per heavy atom. The number of nitrogens with one attached hydrogen (secondary N) is 1. The van der Waals surface area contributed by atoms with Crippen molar-refractivity contribution in [3.05, 3.63) is 29.8 Å². The Labute approximate surface area is 101 Å². The van der Waals surface area contributed by atoms with Gasteiger partial charge in [0.1, 0.15) is 0 Å². The predicted octanol–water partition coefficient (Wildman–Crippen LogP) is 2.08. The molecule has 1 aromatic rings. The average Bonchev–Trinajstić information content (AvgIpc) is 2.19. The van der Waals surface area contributed by atoms with E-state index in [-0.39, 0.29) is 0 Å².